The Bertz CT molecular complexity index is 1110. The van der Waals surface area contributed by atoms with Crippen molar-refractivity contribution in [2.75, 3.05) is 25.5 Å². The number of benzene rings is 2. The number of piperidine rings is 1. The molecule has 1 aliphatic heterocycles. The van der Waals surface area contributed by atoms with Gasteiger partial charge in [-0.1, -0.05) is 35.5 Å². The predicted octanol–water partition coefficient (Wildman–Crippen LogP) is 3.68. The van der Waals surface area contributed by atoms with E-state index in [1.165, 1.54) is 7.11 Å². The van der Waals surface area contributed by atoms with Gasteiger partial charge in [0.15, 0.2) is 0 Å². The molecule has 1 aromatic heterocycles. The number of hydrogen-bond acceptors (Lipinski definition) is 7. The van der Waals surface area contributed by atoms with Crippen LogP contribution in [0, 0.1) is 12.8 Å². The second kappa shape index (κ2) is 9.74. The molecule has 0 saturated carbocycles. The van der Waals surface area contributed by atoms with Gasteiger partial charge in [0.2, 0.25) is 17.6 Å². The van der Waals surface area contributed by atoms with Gasteiger partial charge in [-0.3, -0.25) is 9.69 Å². The van der Waals surface area contributed by atoms with Gasteiger partial charge in [0.25, 0.3) is 0 Å². The van der Waals surface area contributed by atoms with Crippen molar-refractivity contribution in [1.82, 2.24) is 15.0 Å². The van der Waals surface area contributed by atoms with Gasteiger partial charge in [-0.25, -0.2) is 4.79 Å². The van der Waals surface area contributed by atoms with E-state index in [-0.39, 0.29) is 11.8 Å². The highest BCUT2D eigenvalue weighted by molar-refractivity contribution is 5.95. The van der Waals surface area contributed by atoms with Crippen LogP contribution in [0.15, 0.2) is 53.1 Å². The van der Waals surface area contributed by atoms with E-state index in [2.05, 4.69) is 20.4 Å². The van der Waals surface area contributed by atoms with Crippen LogP contribution in [0.25, 0.3) is 11.4 Å². The van der Waals surface area contributed by atoms with Crippen molar-refractivity contribution >= 4 is 17.6 Å². The monoisotopic (exact) mass is 434 g/mol. The summed E-state index contributed by atoms with van der Waals surface area (Å²) in [6, 6.07) is 14.7. The molecule has 1 N–H and O–H groups in total. The van der Waals surface area contributed by atoms with E-state index in [0.29, 0.717) is 36.1 Å². The Balaban J connectivity index is 1.37. The molecule has 0 radical (unpaired) electrons. The molecule has 0 bridgehead atoms. The smallest absolute Gasteiger partial charge is 0.337 e. The number of carbonyl (C=O) groups is 2. The molecule has 3 aromatic rings. The van der Waals surface area contributed by atoms with Crippen LogP contribution in [-0.4, -0.2) is 47.1 Å². The number of likely N-dealkylation sites (tertiary alicyclic amines) is 1. The number of carbonyl (C=O) groups excluding carboxylic acids is 2. The number of hydrogen-bond donors (Lipinski definition) is 1. The van der Waals surface area contributed by atoms with Crippen LogP contribution >= 0.6 is 0 Å². The van der Waals surface area contributed by atoms with Crippen LogP contribution in [0.1, 0.15) is 34.7 Å². The summed E-state index contributed by atoms with van der Waals surface area (Å²) in [5.74, 6) is 0.451. The van der Waals surface area contributed by atoms with Crippen LogP contribution in [0.4, 0.5) is 5.69 Å². The average Bonchev–Trinajstić information content (AvgIpc) is 3.27. The Hall–Kier alpha value is -3.52. The highest BCUT2D eigenvalue weighted by Gasteiger charge is 2.27. The van der Waals surface area contributed by atoms with Crippen LogP contribution < -0.4 is 5.32 Å². The van der Waals surface area contributed by atoms with Crippen molar-refractivity contribution in [3.63, 3.8) is 0 Å². The molecular formula is C24H26N4O4. The number of nitrogens with zero attached hydrogens (tertiary/aromatic N) is 3. The number of esters is 1. The van der Waals surface area contributed by atoms with Crippen molar-refractivity contribution in [3.8, 4) is 11.4 Å². The molecule has 0 spiro atoms. The van der Waals surface area contributed by atoms with Crippen molar-refractivity contribution in [2.24, 2.45) is 5.92 Å². The number of aryl methyl sites for hydroxylation is 1. The normalized spacial score (nSPS) is 16.5. The van der Waals surface area contributed by atoms with E-state index in [9.17, 15) is 9.59 Å². The fourth-order valence-corrected chi connectivity index (χ4v) is 3.94. The Morgan fingerprint density at radius 2 is 2.06 bits per heavy atom. The van der Waals surface area contributed by atoms with E-state index in [4.69, 9.17) is 9.26 Å². The lowest BCUT2D eigenvalue weighted by atomic mass is 9.97. The fraction of sp³-hybridized carbons (Fsp3) is 0.333. The molecule has 1 saturated heterocycles. The first-order chi connectivity index (χ1) is 15.5. The Morgan fingerprint density at radius 3 is 2.88 bits per heavy atom. The second-order valence-corrected chi connectivity index (χ2v) is 7.96. The standard InChI is InChI=1S/C24H26N4O4/c1-16-7-3-4-11-20(16)22-26-21(32-27-22)15-28-12-6-9-18(14-28)23(29)25-19-10-5-8-17(13-19)24(30)31-2/h3-5,7-8,10-11,13,18H,6,9,12,14-15H2,1-2H3,(H,25,29). The van der Waals surface area contributed by atoms with E-state index in [0.717, 1.165) is 30.5 Å². The molecule has 2 heterocycles. The van der Waals surface area contributed by atoms with Crippen LogP contribution in [0.5, 0.6) is 0 Å². The zero-order valence-electron chi connectivity index (χ0n) is 18.2. The number of rotatable bonds is 6. The quantitative estimate of drug-likeness (QED) is 0.591. The van der Waals surface area contributed by atoms with Crippen LogP contribution in [0.2, 0.25) is 0 Å². The molecule has 166 valence electrons. The van der Waals surface area contributed by atoms with E-state index in [1.807, 2.05) is 31.2 Å². The Kier molecular flexibility index (Phi) is 6.61. The molecule has 8 nitrogen and oxygen atoms in total. The first kappa shape index (κ1) is 21.7. The van der Waals surface area contributed by atoms with Crippen molar-refractivity contribution in [2.45, 2.75) is 26.3 Å². The topological polar surface area (TPSA) is 97.6 Å². The van der Waals surface area contributed by atoms with Gasteiger partial charge in [0, 0.05) is 17.8 Å². The van der Waals surface area contributed by atoms with E-state index >= 15 is 0 Å². The summed E-state index contributed by atoms with van der Waals surface area (Å²) in [5.41, 5.74) is 3.02. The largest absolute Gasteiger partial charge is 0.465 e. The van der Waals surface area contributed by atoms with Gasteiger partial charge in [-0.2, -0.15) is 4.98 Å². The highest BCUT2D eigenvalue weighted by atomic mass is 16.5. The number of amides is 1. The molecule has 1 aliphatic rings. The summed E-state index contributed by atoms with van der Waals surface area (Å²) in [6.07, 6.45) is 1.70. The first-order valence-electron chi connectivity index (χ1n) is 10.6. The SMILES string of the molecule is COC(=O)c1cccc(NC(=O)C2CCCN(Cc3nc(-c4ccccc4C)no3)C2)c1. The lowest BCUT2D eigenvalue weighted by molar-refractivity contribution is -0.121. The third-order valence-electron chi connectivity index (χ3n) is 5.64. The van der Waals surface area contributed by atoms with Gasteiger partial charge in [0.05, 0.1) is 25.1 Å². The Labute approximate surface area is 186 Å². The molecule has 0 aliphatic carbocycles. The van der Waals surface area contributed by atoms with Crippen LogP contribution in [0.3, 0.4) is 0 Å². The highest BCUT2D eigenvalue weighted by Crippen LogP contribution is 2.23. The number of aromatic nitrogens is 2. The van der Waals surface area contributed by atoms with Gasteiger partial charge >= 0.3 is 5.97 Å². The number of anilines is 1. The Morgan fingerprint density at radius 1 is 1.22 bits per heavy atom. The summed E-state index contributed by atoms with van der Waals surface area (Å²) in [6.45, 7) is 3.98. The van der Waals surface area contributed by atoms with Crippen molar-refractivity contribution in [3.05, 3.63) is 65.5 Å². The molecule has 8 heteroatoms. The summed E-state index contributed by atoms with van der Waals surface area (Å²) < 4.78 is 10.2. The van der Waals surface area contributed by atoms with Gasteiger partial charge < -0.3 is 14.6 Å². The van der Waals surface area contributed by atoms with Crippen molar-refractivity contribution in [1.29, 1.82) is 0 Å². The van der Waals surface area contributed by atoms with E-state index in [1.54, 1.807) is 24.3 Å². The second-order valence-electron chi connectivity index (χ2n) is 7.96. The summed E-state index contributed by atoms with van der Waals surface area (Å²) >= 11 is 0. The van der Waals surface area contributed by atoms with Gasteiger partial charge in [0.1, 0.15) is 0 Å². The maximum absolute atomic E-state index is 12.8. The molecule has 4 rings (SSSR count). The minimum Gasteiger partial charge on any atom is -0.465 e. The summed E-state index contributed by atoms with van der Waals surface area (Å²) in [4.78, 5) is 31.3. The minimum absolute atomic E-state index is 0.0668. The number of nitrogens with one attached hydrogen (secondary N) is 1. The zero-order chi connectivity index (χ0) is 22.5. The lowest BCUT2D eigenvalue weighted by Crippen LogP contribution is -2.40. The van der Waals surface area contributed by atoms with E-state index < -0.39 is 5.97 Å². The molecule has 2 aromatic carbocycles. The number of methoxy groups -OCH3 is 1. The molecule has 1 fully saturated rings. The molecular weight excluding hydrogens is 408 g/mol. The van der Waals surface area contributed by atoms with Crippen LogP contribution in [-0.2, 0) is 16.1 Å². The number of ether oxygens (including phenoxy) is 1. The molecule has 1 unspecified atom stereocenters. The maximum Gasteiger partial charge on any atom is 0.337 e. The fourth-order valence-electron chi connectivity index (χ4n) is 3.94. The predicted molar refractivity (Wildman–Crippen MR) is 119 cm³/mol. The summed E-state index contributed by atoms with van der Waals surface area (Å²) in [7, 11) is 1.33. The molecule has 1 amide bonds. The molecule has 1 atom stereocenters. The van der Waals surface area contributed by atoms with Crippen molar-refractivity contribution < 1.29 is 18.8 Å². The minimum atomic E-state index is -0.436. The third kappa shape index (κ3) is 5.03. The average molecular weight is 434 g/mol. The third-order valence-corrected chi connectivity index (χ3v) is 5.64. The maximum atomic E-state index is 12.8. The van der Waals surface area contributed by atoms with Gasteiger partial charge in [-0.05, 0) is 50.1 Å². The summed E-state index contributed by atoms with van der Waals surface area (Å²) in [5, 5.41) is 7.04. The lowest BCUT2D eigenvalue weighted by Gasteiger charge is -2.30. The molecule has 32 heavy (non-hydrogen) atoms. The first-order valence-corrected chi connectivity index (χ1v) is 10.6. The van der Waals surface area contributed by atoms with Gasteiger partial charge in [-0.15, -0.1) is 0 Å². The zero-order valence-corrected chi connectivity index (χ0v) is 18.2.